The number of hydrogen-bond acceptors (Lipinski definition) is 1. The van der Waals surface area contributed by atoms with Crippen molar-refractivity contribution < 1.29 is 13.2 Å². The van der Waals surface area contributed by atoms with Crippen molar-refractivity contribution in [3.8, 4) is 0 Å². The smallest absolute Gasteiger partial charge is 0.313 e. The molecular weight excluding hydrogens is 215 g/mol. The third-order valence-corrected chi connectivity index (χ3v) is 2.74. The first-order chi connectivity index (χ1) is 6.36. The van der Waals surface area contributed by atoms with Crippen LogP contribution in [0.15, 0.2) is 22.8 Å². The molecule has 1 N–H and O–H groups in total. The number of likely N-dealkylation sites (N-methyl/N-ethyl adjacent to an activating group) is 1. The number of hydrogen-bond donors (Lipinski definition) is 1. The van der Waals surface area contributed by atoms with Crippen LogP contribution in [0.25, 0.3) is 0 Å². The van der Waals surface area contributed by atoms with Crippen LogP contribution in [0.1, 0.15) is 6.92 Å². The van der Waals surface area contributed by atoms with Crippen molar-refractivity contribution in [2.24, 2.45) is 5.92 Å². The minimum absolute atomic E-state index is 0.118. The summed E-state index contributed by atoms with van der Waals surface area (Å²) < 4.78 is 37.1. The van der Waals surface area contributed by atoms with Gasteiger partial charge in [0.25, 0.3) is 0 Å². The molecule has 0 aromatic heterocycles. The summed E-state index contributed by atoms with van der Waals surface area (Å²) in [5.74, 6) is -0.118. The summed E-state index contributed by atoms with van der Waals surface area (Å²) in [4.78, 5) is 0. The Balaban J connectivity index is 2.99. The Morgan fingerprint density at radius 1 is 1.43 bits per heavy atom. The molecule has 0 aliphatic heterocycles. The van der Waals surface area contributed by atoms with E-state index in [1.54, 1.807) is 14.0 Å². The predicted molar refractivity (Wildman–Crippen MR) is 50.1 cm³/mol. The zero-order chi connectivity index (χ0) is 10.9. The molecule has 0 aromatic rings. The number of halogens is 4. The highest BCUT2D eigenvalue weighted by Crippen LogP contribution is 2.35. The lowest BCUT2D eigenvalue weighted by molar-refractivity contribution is -0.0889. The maximum absolute atomic E-state index is 12.4. The van der Waals surface area contributed by atoms with Crippen LogP contribution < -0.4 is 5.32 Å². The summed E-state index contributed by atoms with van der Waals surface area (Å²) in [7, 11) is 1.61. The Hall–Kier alpha value is -0.480. The van der Waals surface area contributed by atoms with Crippen molar-refractivity contribution in [1.29, 1.82) is 0 Å². The van der Waals surface area contributed by atoms with Gasteiger partial charge in [0, 0.05) is 17.0 Å². The molecule has 2 atom stereocenters. The van der Waals surface area contributed by atoms with E-state index in [1.807, 2.05) is 0 Å². The molecule has 1 aliphatic carbocycles. The topological polar surface area (TPSA) is 12.0 Å². The van der Waals surface area contributed by atoms with Crippen LogP contribution in [0.3, 0.4) is 0 Å². The summed E-state index contributed by atoms with van der Waals surface area (Å²) in [6, 6.07) is -0.357. The summed E-state index contributed by atoms with van der Waals surface area (Å²) >= 11 is 5.72. The summed E-state index contributed by atoms with van der Waals surface area (Å²) in [5.41, 5.74) is -0.681. The van der Waals surface area contributed by atoms with E-state index >= 15 is 0 Å². The van der Waals surface area contributed by atoms with Gasteiger partial charge in [-0.3, -0.25) is 0 Å². The van der Waals surface area contributed by atoms with Crippen LogP contribution in [0, 0.1) is 5.92 Å². The second-order valence-electron chi connectivity index (χ2n) is 3.25. The van der Waals surface area contributed by atoms with E-state index in [2.05, 4.69) is 5.32 Å². The second-order valence-corrected chi connectivity index (χ2v) is 3.69. The highest BCUT2D eigenvalue weighted by Gasteiger charge is 2.36. The van der Waals surface area contributed by atoms with Crippen molar-refractivity contribution >= 4 is 11.6 Å². The predicted octanol–water partition coefficient (Wildman–Crippen LogP) is 2.84. The Morgan fingerprint density at radius 2 is 2.00 bits per heavy atom. The molecule has 0 amide bonds. The molecule has 80 valence electrons. The molecule has 0 saturated carbocycles. The monoisotopic (exact) mass is 225 g/mol. The van der Waals surface area contributed by atoms with Crippen molar-refractivity contribution in [3.05, 3.63) is 22.8 Å². The first kappa shape index (κ1) is 11.6. The lowest BCUT2D eigenvalue weighted by Crippen LogP contribution is -2.34. The zero-order valence-corrected chi connectivity index (χ0v) is 8.58. The van der Waals surface area contributed by atoms with Crippen molar-refractivity contribution in [1.82, 2.24) is 5.32 Å². The van der Waals surface area contributed by atoms with Crippen molar-refractivity contribution in [3.63, 3.8) is 0 Å². The third kappa shape index (κ3) is 2.30. The Kier molecular flexibility index (Phi) is 3.27. The van der Waals surface area contributed by atoms with E-state index in [9.17, 15) is 13.2 Å². The fourth-order valence-corrected chi connectivity index (χ4v) is 1.60. The maximum atomic E-state index is 12.4. The van der Waals surface area contributed by atoms with Gasteiger partial charge in [-0.25, -0.2) is 0 Å². The van der Waals surface area contributed by atoms with Crippen LogP contribution >= 0.6 is 11.6 Å². The summed E-state index contributed by atoms with van der Waals surface area (Å²) in [6.07, 6.45) is -2.17. The van der Waals surface area contributed by atoms with Gasteiger partial charge in [0.2, 0.25) is 0 Å². The minimum Gasteiger partial charge on any atom is -0.313 e. The zero-order valence-electron chi connectivity index (χ0n) is 7.82. The molecule has 1 aliphatic rings. The Bertz CT molecular complexity index is 280. The standard InChI is InChI=1S/C9H11ClF3N/c1-5-7(10)3-6(9(11,12)13)4-8(5)14-2/h3-5,8,14H,1-2H3. The molecule has 0 aromatic carbocycles. The average molecular weight is 226 g/mol. The number of alkyl halides is 3. The number of nitrogens with one attached hydrogen (secondary N) is 1. The van der Waals surface area contributed by atoms with E-state index in [-0.39, 0.29) is 17.0 Å². The largest absolute Gasteiger partial charge is 0.416 e. The molecule has 0 bridgehead atoms. The molecule has 0 spiro atoms. The quantitative estimate of drug-likeness (QED) is 0.724. The number of rotatable bonds is 1. The molecule has 0 radical (unpaired) electrons. The SMILES string of the molecule is CNC1C=C(C(F)(F)F)C=C(Cl)C1C. The van der Waals surface area contributed by atoms with E-state index in [0.717, 1.165) is 12.2 Å². The normalized spacial score (nSPS) is 28.4. The summed E-state index contributed by atoms with van der Waals surface area (Å²) in [6.45, 7) is 1.78. The molecule has 2 unspecified atom stereocenters. The molecular formula is C9H11ClF3N. The van der Waals surface area contributed by atoms with Gasteiger partial charge in [0.15, 0.2) is 0 Å². The van der Waals surface area contributed by atoms with Crippen molar-refractivity contribution in [2.45, 2.75) is 19.1 Å². The van der Waals surface area contributed by atoms with Gasteiger partial charge < -0.3 is 5.32 Å². The highest BCUT2D eigenvalue weighted by atomic mass is 35.5. The van der Waals surface area contributed by atoms with Crippen LogP contribution in [-0.2, 0) is 0 Å². The molecule has 0 heterocycles. The van der Waals surface area contributed by atoms with Gasteiger partial charge in [-0.1, -0.05) is 24.6 Å². The summed E-state index contributed by atoms with van der Waals surface area (Å²) in [5, 5.41) is 3.02. The van der Waals surface area contributed by atoms with E-state index in [4.69, 9.17) is 11.6 Å². The highest BCUT2D eigenvalue weighted by molar-refractivity contribution is 6.30. The second kappa shape index (κ2) is 3.95. The van der Waals surface area contributed by atoms with Gasteiger partial charge in [0.05, 0.1) is 5.57 Å². The van der Waals surface area contributed by atoms with E-state index in [0.29, 0.717) is 0 Å². The molecule has 0 saturated heterocycles. The molecule has 5 heteroatoms. The fraction of sp³-hybridized carbons (Fsp3) is 0.556. The van der Waals surface area contributed by atoms with Crippen molar-refractivity contribution in [2.75, 3.05) is 7.05 Å². The minimum atomic E-state index is -4.32. The van der Waals surface area contributed by atoms with Crippen LogP contribution in [0.5, 0.6) is 0 Å². The van der Waals surface area contributed by atoms with Gasteiger partial charge in [-0.2, -0.15) is 13.2 Å². The van der Waals surface area contributed by atoms with Gasteiger partial charge >= 0.3 is 6.18 Å². The first-order valence-corrected chi connectivity index (χ1v) is 4.57. The molecule has 0 fully saturated rings. The molecule has 14 heavy (non-hydrogen) atoms. The fourth-order valence-electron chi connectivity index (χ4n) is 1.35. The van der Waals surface area contributed by atoms with Gasteiger partial charge in [-0.15, -0.1) is 0 Å². The third-order valence-electron chi connectivity index (χ3n) is 2.29. The van der Waals surface area contributed by atoms with Gasteiger partial charge in [0.1, 0.15) is 0 Å². The number of allylic oxidation sites excluding steroid dienone is 2. The average Bonchev–Trinajstić information content (AvgIpc) is 2.07. The van der Waals surface area contributed by atoms with E-state index < -0.39 is 11.7 Å². The lowest BCUT2D eigenvalue weighted by atomic mass is 9.93. The van der Waals surface area contributed by atoms with Crippen LogP contribution in [0.2, 0.25) is 0 Å². The molecule has 1 nitrogen and oxygen atoms in total. The van der Waals surface area contributed by atoms with Gasteiger partial charge in [-0.05, 0) is 13.1 Å². The Labute approximate surface area is 85.6 Å². The maximum Gasteiger partial charge on any atom is 0.416 e. The lowest BCUT2D eigenvalue weighted by Gasteiger charge is -2.26. The molecule has 1 rings (SSSR count). The van der Waals surface area contributed by atoms with Crippen LogP contribution in [0.4, 0.5) is 13.2 Å². The Morgan fingerprint density at radius 3 is 2.43 bits per heavy atom. The van der Waals surface area contributed by atoms with Crippen LogP contribution in [-0.4, -0.2) is 19.3 Å². The van der Waals surface area contributed by atoms with E-state index in [1.165, 1.54) is 0 Å². The first-order valence-electron chi connectivity index (χ1n) is 4.19.